The molecule has 1 aromatic heterocycles. The Hall–Kier alpha value is -0.830. The molecule has 1 aliphatic rings. The minimum Gasteiger partial charge on any atom is -0.314 e. The first-order valence-electron chi connectivity index (χ1n) is 8.32. The van der Waals surface area contributed by atoms with Crippen LogP contribution >= 0.6 is 0 Å². The van der Waals surface area contributed by atoms with Gasteiger partial charge in [-0.3, -0.25) is 4.68 Å². The van der Waals surface area contributed by atoms with E-state index in [9.17, 15) is 0 Å². The summed E-state index contributed by atoms with van der Waals surface area (Å²) in [6.45, 7) is 8.10. The lowest BCUT2D eigenvalue weighted by atomic mass is 9.72. The summed E-state index contributed by atoms with van der Waals surface area (Å²) in [6, 6.07) is 2.88. The Morgan fingerprint density at radius 2 is 2.20 bits per heavy atom. The van der Waals surface area contributed by atoms with Crippen molar-refractivity contribution in [2.75, 3.05) is 6.54 Å². The van der Waals surface area contributed by atoms with Crippen molar-refractivity contribution in [1.29, 1.82) is 0 Å². The quantitative estimate of drug-likeness (QED) is 0.863. The lowest BCUT2D eigenvalue weighted by Gasteiger charge is -2.38. The summed E-state index contributed by atoms with van der Waals surface area (Å²) in [4.78, 5) is 0. The molecule has 1 N–H and O–H groups in total. The van der Waals surface area contributed by atoms with E-state index in [0.717, 1.165) is 36.8 Å². The average molecular weight is 277 g/mol. The Balaban J connectivity index is 1.94. The summed E-state index contributed by atoms with van der Waals surface area (Å²) >= 11 is 0. The van der Waals surface area contributed by atoms with Crippen molar-refractivity contribution in [3.05, 3.63) is 18.0 Å². The van der Waals surface area contributed by atoms with Crippen molar-refractivity contribution in [2.45, 2.75) is 58.9 Å². The minimum absolute atomic E-state index is 0.725. The number of hydrogen-bond donors (Lipinski definition) is 1. The van der Waals surface area contributed by atoms with Gasteiger partial charge in [-0.2, -0.15) is 5.10 Å². The van der Waals surface area contributed by atoms with Gasteiger partial charge in [0.1, 0.15) is 0 Å². The number of rotatable bonds is 6. The molecule has 1 aliphatic carbocycles. The Morgan fingerprint density at radius 3 is 2.80 bits per heavy atom. The summed E-state index contributed by atoms with van der Waals surface area (Å²) in [6.07, 6.45) is 8.51. The highest BCUT2D eigenvalue weighted by molar-refractivity contribution is 5.01. The fraction of sp³-hybridized carbons (Fsp3) is 0.824. The second kappa shape index (κ2) is 7.26. The lowest BCUT2D eigenvalue weighted by molar-refractivity contribution is 0.162. The first-order valence-corrected chi connectivity index (χ1v) is 8.32. The van der Waals surface area contributed by atoms with Crippen molar-refractivity contribution in [1.82, 2.24) is 15.1 Å². The zero-order valence-corrected chi connectivity index (χ0v) is 13.6. The Bertz CT molecular complexity index is 397. The molecule has 0 spiro atoms. The van der Waals surface area contributed by atoms with E-state index < -0.39 is 0 Å². The molecule has 0 radical (unpaired) electrons. The molecule has 3 heteroatoms. The monoisotopic (exact) mass is 277 g/mol. The number of aryl methyl sites for hydroxylation is 2. The van der Waals surface area contributed by atoms with E-state index in [4.69, 9.17) is 0 Å². The Labute approximate surface area is 124 Å². The molecule has 0 aromatic carbocycles. The molecule has 1 aromatic rings. The topological polar surface area (TPSA) is 29.9 Å². The molecule has 2 rings (SSSR count). The third-order valence-corrected chi connectivity index (χ3v) is 5.13. The van der Waals surface area contributed by atoms with Crippen LogP contribution in [0.1, 0.15) is 52.1 Å². The molecule has 114 valence electrons. The van der Waals surface area contributed by atoms with Gasteiger partial charge in [-0.05, 0) is 62.5 Å². The zero-order chi connectivity index (χ0) is 14.5. The molecular weight excluding hydrogens is 246 g/mol. The molecule has 1 heterocycles. The largest absolute Gasteiger partial charge is 0.314 e. The van der Waals surface area contributed by atoms with Crippen molar-refractivity contribution in [2.24, 2.45) is 24.8 Å². The molecule has 0 aliphatic heterocycles. The first kappa shape index (κ1) is 15.6. The molecule has 1 fully saturated rings. The van der Waals surface area contributed by atoms with E-state index in [1.54, 1.807) is 0 Å². The van der Waals surface area contributed by atoms with Gasteiger partial charge in [-0.15, -0.1) is 0 Å². The first-order chi connectivity index (χ1) is 9.61. The molecule has 20 heavy (non-hydrogen) atoms. The lowest BCUT2D eigenvalue weighted by Crippen LogP contribution is -2.41. The zero-order valence-electron chi connectivity index (χ0n) is 13.6. The van der Waals surface area contributed by atoms with Gasteiger partial charge in [0.15, 0.2) is 0 Å². The average Bonchev–Trinajstić information content (AvgIpc) is 2.83. The van der Waals surface area contributed by atoms with Crippen LogP contribution in [0.25, 0.3) is 0 Å². The SMILES string of the molecule is CCNC1CCC(C(C)C)CC1CCc1ccnn1C. The fourth-order valence-electron chi connectivity index (χ4n) is 3.74. The van der Waals surface area contributed by atoms with Gasteiger partial charge < -0.3 is 5.32 Å². The van der Waals surface area contributed by atoms with Crippen LogP contribution < -0.4 is 5.32 Å². The van der Waals surface area contributed by atoms with Gasteiger partial charge in [-0.1, -0.05) is 20.8 Å². The second-order valence-corrected chi connectivity index (χ2v) is 6.73. The van der Waals surface area contributed by atoms with Gasteiger partial charge in [0.05, 0.1) is 0 Å². The van der Waals surface area contributed by atoms with Crippen molar-refractivity contribution < 1.29 is 0 Å². The van der Waals surface area contributed by atoms with E-state index in [-0.39, 0.29) is 0 Å². The van der Waals surface area contributed by atoms with Crippen LogP contribution in [0, 0.1) is 17.8 Å². The summed E-state index contributed by atoms with van der Waals surface area (Å²) in [5.74, 6) is 2.57. The van der Waals surface area contributed by atoms with Gasteiger partial charge in [0.25, 0.3) is 0 Å². The van der Waals surface area contributed by atoms with Crippen LogP contribution in [0.15, 0.2) is 12.3 Å². The molecule has 3 atom stereocenters. The number of hydrogen-bond acceptors (Lipinski definition) is 2. The Kier molecular flexibility index (Phi) is 5.64. The van der Waals surface area contributed by atoms with Crippen molar-refractivity contribution in [3.8, 4) is 0 Å². The standard InChI is InChI=1S/C17H31N3/c1-5-18-17-9-7-14(13(2)3)12-15(17)6-8-16-10-11-19-20(16)4/h10-11,13-15,17-18H,5-9,12H2,1-4H3. The van der Waals surface area contributed by atoms with E-state index in [1.807, 2.05) is 10.9 Å². The van der Waals surface area contributed by atoms with Crippen molar-refractivity contribution >= 4 is 0 Å². The highest BCUT2D eigenvalue weighted by Gasteiger charge is 2.31. The smallest absolute Gasteiger partial charge is 0.0492 e. The molecule has 0 saturated heterocycles. The fourth-order valence-corrected chi connectivity index (χ4v) is 3.74. The maximum absolute atomic E-state index is 4.28. The van der Waals surface area contributed by atoms with Crippen molar-refractivity contribution in [3.63, 3.8) is 0 Å². The summed E-state index contributed by atoms with van der Waals surface area (Å²) in [7, 11) is 2.05. The summed E-state index contributed by atoms with van der Waals surface area (Å²) < 4.78 is 2.02. The minimum atomic E-state index is 0.725. The van der Waals surface area contributed by atoms with Gasteiger partial charge in [-0.25, -0.2) is 0 Å². The molecule has 3 unspecified atom stereocenters. The molecule has 0 amide bonds. The highest BCUT2D eigenvalue weighted by atomic mass is 15.2. The maximum atomic E-state index is 4.28. The molecular formula is C17H31N3. The molecule has 0 bridgehead atoms. The third kappa shape index (κ3) is 3.85. The number of nitrogens with zero attached hydrogens (tertiary/aromatic N) is 2. The summed E-state index contributed by atoms with van der Waals surface area (Å²) in [5.41, 5.74) is 1.37. The molecule has 3 nitrogen and oxygen atoms in total. The van der Waals surface area contributed by atoms with Crippen LogP contribution in [0.4, 0.5) is 0 Å². The second-order valence-electron chi connectivity index (χ2n) is 6.73. The van der Waals surface area contributed by atoms with E-state index in [2.05, 4.69) is 44.3 Å². The number of aromatic nitrogens is 2. The van der Waals surface area contributed by atoms with Crippen LogP contribution in [-0.2, 0) is 13.5 Å². The molecule has 1 saturated carbocycles. The maximum Gasteiger partial charge on any atom is 0.0492 e. The van der Waals surface area contributed by atoms with Crippen LogP contribution in [0.2, 0.25) is 0 Å². The highest BCUT2D eigenvalue weighted by Crippen LogP contribution is 2.36. The van der Waals surface area contributed by atoms with Crippen LogP contribution in [0.3, 0.4) is 0 Å². The Morgan fingerprint density at radius 1 is 1.40 bits per heavy atom. The summed E-state index contributed by atoms with van der Waals surface area (Å²) in [5, 5.41) is 8.00. The normalized spacial score (nSPS) is 27.1. The van der Waals surface area contributed by atoms with Crippen LogP contribution in [-0.4, -0.2) is 22.4 Å². The van der Waals surface area contributed by atoms with E-state index in [0.29, 0.717) is 0 Å². The van der Waals surface area contributed by atoms with Gasteiger partial charge >= 0.3 is 0 Å². The number of nitrogens with one attached hydrogen (secondary N) is 1. The van der Waals surface area contributed by atoms with E-state index >= 15 is 0 Å². The van der Waals surface area contributed by atoms with Gasteiger partial charge in [0, 0.05) is 25.0 Å². The predicted molar refractivity (Wildman–Crippen MR) is 84.7 cm³/mol. The third-order valence-electron chi connectivity index (χ3n) is 5.13. The predicted octanol–water partition coefficient (Wildman–Crippen LogP) is 3.40. The van der Waals surface area contributed by atoms with Gasteiger partial charge in [0.2, 0.25) is 0 Å². The van der Waals surface area contributed by atoms with E-state index in [1.165, 1.54) is 31.4 Å². The van der Waals surface area contributed by atoms with Crippen LogP contribution in [0.5, 0.6) is 0 Å².